The maximum atomic E-state index is 10.1. The Labute approximate surface area is 84.7 Å². The van der Waals surface area contributed by atoms with Crippen molar-refractivity contribution in [1.29, 1.82) is 0 Å². The highest BCUT2D eigenvalue weighted by atomic mass is 16.3. The van der Waals surface area contributed by atoms with Gasteiger partial charge in [0.15, 0.2) is 0 Å². The molecule has 0 saturated carbocycles. The van der Waals surface area contributed by atoms with Crippen LogP contribution >= 0.6 is 0 Å². The number of aromatic nitrogens is 2. The third kappa shape index (κ3) is 2.82. The summed E-state index contributed by atoms with van der Waals surface area (Å²) < 4.78 is 1.73. The minimum Gasteiger partial charge on any atom is -0.388 e. The Morgan fingerprint density at radius 1 is 1.64 bits per heavy atom. The first-order valence-corrected chi connectivity index (χ1v) is 4.99. The highest BCUT2D eigenvalue weighted by Gasteiger charge is 2.24. The molecule has 3 N–H and O–H groups in total. The van der Waals surface area contributed by atoms with Crippen molar-refractivity contribution >= 4 is 0 Å². The first kappa shape index (κ1) is 11.2. The zero-order chi connectivity index (χ0) is 10.6. The monoisotopic (exact) mass is 197 g/mol. The molecule has 0 aliphatic rings. The minimum absolute atomic E-state index is 0.301. The molecule has 0 fully saturated rings. The number of hydrogen-bond donors (Lipinski definition) is 2. The molecule has 4 heteroatoms. The van der Waals surface area contributed by atoms with Gasteiger partial charge in [0.1, 0.15) is 0 Å². The molecule has 0 aliphatic heterocycles. The van der Waals surface area contributed by atoms with Gasteiger partial charge in [-0.15, -0.1) is 0 Å². The molecule has 14 heavy (non-hydrogen) atoms. The molecule has 0 bridgehead atoms. The lowest BCUT2D eigenvalue weighted by Gasteiger charge is -2.25. The van der Waals surface area contributed by atoms with E-state index >= 15 is 0 Å². The van der Waals surface area contributed by atoms with Crippen molar-refractivity contribution in [3.63, 3.8) is 0 Å². The Balaban J connectivity index is 2.64. The van der Waals surface area contributed by atoms with Crippen LogP contribution in [0.5, 0.6) is 0 Å². The Morgan fingerprint density at radius 3 is 2.79 bits per heavy atom. The van der Waals surface area contributed by atoms with E-state index in [0.29, 0.717) is 13.0 Å². The van der Waals surface area contributed by atoms with E-state index in [2.05, 4.69) is 5.10 Å². The van der Waals surface area contributed by atoms with Crippen LogP contribution in [0.4, 0.5) is 0 Å². The fourth-order valence-electron chi connectivity index (χ4n) is 1.67. The average Bonchev–Trinajstić information content (AvgIpc) is 2.51. The van der Waals surface area contributed by atoms with E-state index in [1.54, 1.807) is 10.9 Å². The molecule has 80 valence electrons. The van der Waals surface area contributed by atoms with Crippen molar-refractivity contribution in [3.8, 4) is 0 Å². The van der Waals surface area contributed by atoms with E-state index in [1.165, 1.54) is 0 Å². The molecule has 0 spiro atoms. The Bertz CT molecular complexity index is 285. The largest absolute Gasteiger partial charge is 0.388 e. The molecule has 1 heterocycles. The second-order valence-electron chi connectivity index (χ2n) is 3.88. The van der Waals surface area contributed by atoms with Gasteiger partial charge in [-0.05, 0) is 12.0 Å². The van der Waals surface area contributed by atoms with E-state index < -0.39 is 5.60 Å². The molecule has 0 amide bonds. The molecule has 1 aromatic heterocycles. The van der Waals surface area contributed by atoms with Crippen LogP contribution in [-0.4, -0.2) is 27.0 Å². The molecule has 1 atom stereocenters. The van der Waals surface area contributed by atoms with Crippen LogP contribution in [0.1, 0.15) is 25.3 Å². The number of nitrogens with zero attached hydrogens (tertiary/aromatic N) is 2. The summed E-state index contributed by atoms with van der Waals surface area (Å²) in [5, 5.41) is 14.2. The Hall–Kier alpha value is -0.870. The van der Waals surface area contributed by atoms with Gasteiger partial charge in [0.05, 0.1) is 11.8 Å². The smallest absolute Gasteiger partial charge is 0.0810 e. The molecule has 0 saturated heterocycles. The zero-order valence-electron chi connectivity index (χ0n) is 8.90. The molecular weight excluding hydrogens is 178 g/mol. The van der Waals surface area contributed by atoms with Gasteiger partial charge in [-0.3, -0.25) is 4.68 Å². The highest BCUT2D eigenvalue weighted by Crippen LogP contribution is 2.17. The predicted octanol–water partition coefficient (Wildman–Crippen LogP) is 0.452. The van der Waals surface area contributed by atoms with Crippen molar-refractivity contribution in [2.24, 2.45) is 12.8 Å². The maximum Gasteiger partial charge on any atom is 0.0810 e. The lowest BCUT2D eigenvalue weighted by atomic mass is 9.91. The summed E-state index contributed by atoms with van der Waals surface area (Å²) in [5.41, 5.74) is 5.84. The van der Waals surface area contributed by atoms with Crippen molar-refractivity contribution in [3.05, 3.63) is 18.0 Å². The third-order valence-electron chi connectivity index (χ3n) is 2.39. The topological polar surface area (TPSA) is 64.1 Å². The van der Waals surface area contributed by atoms with Gasteiger partial charge in [0, 0.05) is 26.2 Å². The van der Waals surface area contributed by atoms with Crippen molar-refractivity contribution in [1.82, 2.24) is 9.78 Å². The van der Waals surface area contributed by atoms with Crippen molar-refractivity contribution in [2.75, 3.05) is 6.54 Å². The summed E-state index contributed by atoms with van der Waals surface area (Å²) in [6, 6.07) is 0. The molecule has 1 aromatic rings. The summed E-state index contributed by atoms with van der Waals surface area (Å²) in [7, 11) is 1.87. The fraction of sp³-hybridized carbons (Fsp3) is 0.700. The van der Waals surface area contributed by atoms with Crippen molar-refractivity contribution < 1.29 is 5.11 Å². The molecular formula is C10H19N3O. The van der Waals surface area contributed by atoms with E-state index in [4.69, 9.17) is 5.73 Å². The van der Waals surface area contributed by atoms with Gasteiger partial charge in [-0.25, -0.2) is 0 Å². The van der Waals surface area contributed by atoms with Gasteiger partial charge in [0.25, 0.3) is 0 Å². The van der Waals surface area contributed by atoms with Crippen LogP contribution in [-0.2, 0) is 13.5 Å². The van der Waals surface area contributed by atoms with Crippen LogP contribution in [0.15, 0.2) is 12.4 Å². The molecule has 1 unspecified atom stereocenters. The Morgan fingerprint density at radius 2 is 2.36 bits per heavy atom. The highest BCUT2D eigenvalue weighted by molar-refractivity contribution is 5.08. The van der Waals surface area contributed by atoms with E-state index in [9.17, 15) is 5.11 Å². The minimum atomic E-state index is -0.766. The summed E-state index contributed by atoms with van der Waals surface area (Å²) in [6.07, 6.45) is 5.95. The number of aliphatic hydroxyl groups is 1. The van der Waals surface area contributed by atoms with Gasteiger partial charge in [0.2, 0.25) is 0 Å². The van der Waals surface area contributed by atoms with Crippen LogP contribution in [0, 0.1) is 0 Å². The molecule has 0 radical (unpaired) electrons. The van der Waals surface area contributed by atoms with Crippen LogP contribution in [0.2, 0.25) is 0 Å². The van der Waals surface area contributed by atoms with E-state index in [0.717, 1.165) is 18.4 Å². The second kappa shape index (κ2) is 4.57. The first-order chi connectivity index (χ1) is 6.59. The van der Waals surface area contributed by atoms with Crippen LogP contribution < -0.4 is 5.73 Å². The van der Waals surface area contributed by atoms with E-state index in [-0.39, 0.29) is 0 Å². The maximum absolute atomic E-state index is 10.1. The molecule has 1 rings (SSSR count). The average molecular weight is 197 g/mol. The number of hydrogen-bond acceptors (Lipinski definition) is 3. The summed E-state index contributed by atoms with van der Waals surface area (Å²) in [5.74, 6) is 0. The lowest BCUT2D eigenvalue weighted by molar-refractivity contribution is 0.0399. The second-order valence-corrected chi connectivity index (χ2v) is 3.88. The fourth-order valence-corrected chi connectivity index (χ4v) is 1.67. The Kier molecular flexibility index (Phi) is 3.66. The standard InChI is InChI=1S/C10H19N3O/c1-3-4-10(14,8-11)5-9-6-12-13(2)7-9/h6-7,14H,3-5,8,11H2,1-2H3. The summed E-state index contributed by atoms with van der Waals surface area (Å²) in [4.78, 5) is 0. The number of nitrogens with two attached hydrogens (primary N) is 1. The third-order valence-corrected chi connectivity index (χ3v) is 2.39. The number of aryl methyl sites for hydroxylation is 1. The normalized spacial score (nSPS) is 15.4. The van der Waals surface area contributed by atoms with Gasteiger partial charge < -0.3 is 10.8 Å². The van der Waals surface area contributed by atoms with E-state index in [1.807, 2.05) is 20.2 Å². The van der Waals surface area contributed by atoms with Crippen molar-refractivity contribution in [2.45, 2.75) is 31.8 Å². The van der Waals surface area contributed by atoms with Gasteiger partial charge in [-0.2, -0.15) is 5.10 Å². The van der Waals surface area contributed by atoms with Gasteiger partial charge >= 0.3 is 0 Å². The quantitative estimate of drug-likeness (QED) is 0.720. The van der Waals surface area contributed by atoms with Crippen LogP contribution in [0.25, 0.3) is 0 Å². The van der Waals surface area contributed by atoms with Gasteiger partial charge in [-0.1, -0.05) is 13.3 Å². The zero-order valence-corrected chi connectivity index (χ0v) is 8.90. The SMILES string of the molecule is CCCC(O)(CN)Cc1cnn(C)c1. The molecule has 4 nitrogen and oxygen atoms in total. The lowest BCUT2D eigenvalue weighted by Crippen LogP contribution is -2.39. The molecule has 0 aliphatic carbocycles. The summed E-state index contributed by atoms with van der Waals surface area (Å²) in [6.45, 7) is 2.35. The summed E-state index contributed by atoms with van der Waals surface area (Å²) >= 11 is 0. The first-order valence-electron chi connectivity index (χ1n) is 4.99. The predicted molar refractivity (Wildman–Crippen MR) is 55.8 cm³/mol. The van der Waals surface area contributed by atoms with Crippen LogP contribution in [0.3, 0.4) is 0 Å². The number of rotatable bonds is 5. The molecule has 0 aromatic carbocycles.